The second-order valence-electron chi connectivity index (χ2n) is 5.83. The fraction of sp³-hybridized carbons (Fsp3) is 0.600. The molecule has 0 saturated heterocycles. The highest BCUT2D eigenvalue weighted by molar-refractivity contribution is 5.92. The first kappa shape index (κ1) is 17.1. The summed E-state index contributed by atoms with van der Waals surface area (Å²) in [6.45, 7) is 5.72. The molecule has 0 aliphatic rings. The van der Waals surface area contributed by atoms with E-state index in [9.17, 15) is 4.79 Å². The molecule has 0 fully saturated rings. The fourth-order valence-electron chi connectivity index (χ4n) is 2.23. The van der Waals surface area contributed by atoms with Crippen LogP contribution < -0.4 is 0 Å². The predicted molar refractivity (Wildman–Crippen MR) is 85.0 cm³/mol. The van der Waals surface area contributed by atoms with Gasteiger partial charge in [-0.05, 0) is 12.0 Å². The highest BCUT2D eigenvalue weighted by Gasteiger charge is 2.20. The van der Waals surface area contributed by atoms with Gasteiger partial charge >= 0.3 is 0 Å². The number of aryl methyl sites for hydroxylation is 1. The number of amides is 1. The van der Waals surface area contributed by atoms with Crippen LogP contribution in [0.25, 0.3) is 0 Å². The molecule has 8 nitrogen and oxygen atoms in total. The molecule has 0 radical (unpaired) electrons. The SMILES string of the molecule is COCCn1cnnc1CN(C)C(=O)c1cc(C(C)C)nn1C. The lowest BCUT2D eigenvalue weighted by Crippen LogP contribution is -2.29. The largest absolute Gasteiger partial charge is 0.383 e. The Morgan fingerprint density at radius 2 is 2.17 bits per heavy atom. The lowest BCUT2D eigenvalue weighted by molar-refractivity contribution is 0.0768. The average molecular weight is 320 g/mol. The van der Waals surface area contributed by atoms with Crippen LogP contribution in [0.15, 0.2) is 12.4 Å². The van der Waals surface area contributed by atoms with Crippen molar-refractivity contribution in [3.8, 4) is 0 Å². The molecule has 23 heavy (non-hydrogen) atoms. The van der Waals surface area contributed by atoms with Crippen LogP contribution in [0.2, 0.25) is 0 Å². The second-order valence-corrected chi connectivity index (χ2v) is 5.83. The van der Waals surface area contributed by atoms with Crippen molar-refractivity contribution in [1.29, 1.82) is 0 Å². The monoisotopic (exact) mass is 320 g/mol. The third kappa shape index (κ3) is 3.95. The highest BCUT2D eigenvalue weighted by atomic mass is 16.5. The lowest BCUT2D eigenvalue weighted by atomic mass is 10.1. The standard InChI is InChI=1S/C15H24N6O2/c1-11(2)12-8-13(20(4)18-12)15(22)19(3)9-14-17-16-10-21(14)6-7-23-5/h8,10-11H,6-7,9H2,1-5H3. The topological polar surface area (TPSA) is 78.1 Å². The van der Waals surface area contributed by atoms with Crippen LogP contribution in [0, 0.1) is 0 Å². The number of methoxy groups -OCH3 is 1. The number of hydrogen-bond donors (Lipinski definition) is 0. The average Bonchev–Trinajstić information content (AvgIpc) is 3.11. The molecular formula is C15H24N6O2. The summed E-state index contributed by atoms with van der Waals surface area (Å²) in [6.07, 6.45) is 1.65. The Balaban J connectivity index is 2.10. The zero-order valence-electron chi connectivity index (χ0n) is 14.4. The van der Waals surface area contributed by atoms with Crippen molar-refractivity contribution in [3.63, 3.8) is 0 Å². The van der Waals surface area contributed by atoms with E-state index >= 15 is 0 Å². The van der Waals surface area contributed by atoms with Gasteiger partial charge in [0.05, 0.1) is 18.8 Å². The fourth-order valence-corrected chi connectivity index (χ4v) is 2.23. The molecule has 2 heterocycles. The molecule has 0 aromatic carbocycles. The van der Waals surface area contributed by atoms with Crippen LogP contribution in [-0.2, 0) is 24.9 Å². The van der Waals surface area contributed by atoms with Gasteiger partial charge in [0.25, 0.3) is 5.91 Å². The van der Waals surface area contributed by atoms with Gasteiger partial charge in [0.15, 0.2) is 5.82 Å². The molecular weight excluding hydrogens is 296 g/mol. The number of nitrogens with zero attached hydrogens (tertiary/aromatic N) is 6. The molecule has 2 aromatic rings. The number of hydrogen-bond acceptors (Lipinski definition) is 5. The first-order chi connectivity index (χ1) is 10.9. The molecule has 0 saturated carbocycles. The molecule has 0 aliphatic heterocycles. The number of aromatic nitrogens is 5. The van der Waals surface area contributed by atoms with Crippen molar-refractivity contribution >= 4 is 5.91 Å². The molecule has 8 heteroatoms. The summed E-state index contributed by atoms with van der Waals surface area (Å²) in [4.78, 5) is 14.3. The van der Waals surface area contributed by atoms with Crippen LogP contribution in [-0.4, -0.2) is 56.1 Å². The van der Waals surface area contributed by atoms with Crippen LogP contribution in [0.5, 0.6) is 0 Å². The number of ether oxygens (including phenoxy) is 1. The zero-order chi connectivity index (χ0) is 17.0. The Kier molecular flexibility index (Phi) is 5.49. The van der Waals surface area contributed by atoms with Crippen molar-refractivity contribution < 1.29 is 9.53 Å². The maximum atomic E-state index is 12.6. The van der Waals surface area contributed by atoms with Gasteiger partial charge in [-0.2, -0.15) is 5.10 Å². The molecule has 0 atom stereocenters. The summed E-state index contributed by atoms with van der Waals surface area (Å²) in [5, 5.41) is 12.4. The van der Waals surface area contributed by atoms with E-state index in [4.69, 9.17) is 4.74 Å². The van der Waals surface area contributed by atoms with Crippen LogP contribution >= 0.6 is 0 Å². The van der Waals surface area contributed by atoms with Crippen LogP contribution in [0.3, 0.4) is 0 Å². The van der Waals surface area contributed by atoms with Gasteiger partial charge in [-0.1, -0.05) is 13.8 Å². The minimum absolute atomic E-state index is 0.0896. The molecule has 0 N–H and O–H groups in total. The van der Waals surface area contributed by atoms with Gasteiger partial charge < -0.3 is 14.2 Å². The maximum absolute atomic E-state index is 12.6. The van der Waals surface area contributed by atoms with Crippen LogP contribution in [0.1, 0.15) is 41.8 Å². The zero-order valence-corrected chi connectivity index (χ0v) is 14.4. The Morgan fingerprint density at radius 1 is 1.43 bits per heavy atom. The summed E-state index contributed by atoms with van der Waals surface area (Å²) < 4.78 is 8.58. The normalized spacial score (nSPS) is 11.2. The summed E-state index contributed by atoms with van der Waals surface area (Å²) in [6, 6.07) is 1.85. The van der Waals surface area contributed by atoms with E-state index in [0.29, 0.717) is 25.4 Å². The highest BCUT2D eigenvalue weighted by Crippen LogP contribution is 2.15. The van der Waals surface area contributed by atoms with Gasteiger partial charge in [-0.25, -0.2) is 0 Å². The lowest BCUT2D eigenvalue weighted by Gasteiger charge is -2.17. The molecule has 0 spiro atoms. The Hall–Kier alpha value is -2.22. The first-order valence-corrected chi connectivity index (χ1v) is 7.59. The minimum Gasteiger partial charge on any atom is -0.383 e. The van der Waals surface area contributed by atoms with Crippen molar-refractivity contribution in [2.24, 2.45) is 7.05 Å². The molecule has 1 amide bonds. The summed E-state index contributed by atoms with van der Waals surface area (Å²) in [5.41, 5.74) is 1.48. The quantitative estimate of drug-likeness (QED) is 0.762. The van der Waals surface area contributed by atoms with E-state index in [-0.39, 0.29) is 11.8 Å². The van der Waals surface area contributed by atoms with Crippen molar-refractivity contribution in [3.05, 3.63) is 29.6 Å². The van der Waals surface area contributed by atoms with E-state index in [1.54, 1.807) is 37.1 Å². The second kappa shape index (κ2) is 7.36. The molecule has 2 aromatic heterocycles. The van der Waals surface area contributed by atoms with E-state index in [0.717, 1.165) is 11.5 Å². The summed E-state index contributed by atoms with van der Waals surface area (Å²) >= 11 is 0. The Labute approximate surface area is 136 Å². The Bertz CT molecular complexity index is 661. The van der Waals surface area contributed by atoms with E-state index in [1.807, 2.05) is 10.6 Å². The van der Waals surface area contributed by atoms with E-state index in [1.165, 1.54) is 0 Å². The van der Waals surface area contributed by atoms with Crippen molar-refractivity contribution in [2.75, 3.05) is 20.8 Å². The third-order valence-electron chi connectivity index (χ3n) is 3.67. The third-order valence-corrected chi connectivity index (χ3v) is 3.67. The van der Waals surface area contributed by atoms with Gasteiger partial charge in [0, 0.05) is 27.7 Å². The molecule has 0 unspecified atom stereocenters. The molecule has 126 valence electrons. The first-order valence-electron chi connectivity index (χ1n) is 7.59. The summed E-state index contributed by atoms with van der Waals surface area (Å²) in [7, 11) is 5.18. The Morgan fingerprint density at radius 3 is 2.78 bits per heavy atom. The van der Waals surface area contributed by atoms with Gasteiger partial charge in [-0.15, -0.1) is 10.2 Å². The van der Waals surface area contributed by atoms with Crippen LogP contribution in [0.4, 0.5) is 0 Å². The molecule has 0 aliphatic carbocycles. The number of rotatable bonds is 7. The van der Waals surface area contributed by atoms with E-state index in [2.05, 4.69) is 29.1 Å². The van der Waals surface area contributed by atoms with Crippen molar-refractivity contribution in [1.82, 2.24) is 29.4 Å². The maximum Gasteiger partial charge on any atom is 0.272 e. The smallest absolute Gasteiger partial charge is 0.272 e. The van der Waals surface area contributed by atoms with Gasteiger partial charge in [0.1, 0.15) is 12.0 Å². The van der Waals surface area contributed by atoms with Gasteiger partial charge in [0.2, 0.25) is 0 Å². The number of carbonyl (C=O) groups is 1. The van der Waals surface area contributed by atoms with Crippen molar-refractivity contribution in [2.45, 2.75) is 32.9 Å². The number of carbonyl (C=O) groups excluding carboxylic acids is 1. The van der Waals surface area contributed by atoms with Gasteiger partial charge in [-0.3, -0.25) is 9.48 Å². The molecule has 0 bridgehead atoms. The minimum atomic E-state index is -0.0896. The van der Waals surface area contributed by atoms with E-state index < -0.39 is 0 Å². The molecule has 2 rings (SSSR count). The summed E-state index contributed by atoms with van der Waals surface area (Å²) in [5.74, 6) is 0.919. The predicted octanol–water partition coefficient (Wildman–Crippen LogP) is 1.05.